The zero-order valence-electron chi connectivity index (χ0n) is 11.5. The lowest BCUT2D eigenvalue weighted by atomic mass is 10.1. The fraction of sp³-hybridized carbons (Fsp3) is 0.462. The number of ether oxygens (including phenoxy) is 1. The monoisotopic (exact) mass is 300 g/mol. The molecule has 2 rings (SSSR count). The average Bonchev–Trinajstić information content (AvgIpc) is 2.43. The average molecular weight is 300 g/mol. The van der Waals surface area contributed by atoms with Crippen LogP contribution in [-0.4, -0.2) is 41.0 Å². The third kappa shape index (κ3) is 2.99. The third-order valence-corrected chi connectivity index (χ3v) is 3.33. The van der Waals surface area contributed by atoms with E-state index in [9.17, 15) is 23.7 Å². The topological polar surface area (TPSA) is 72.7 Å². The van der Waals surface area contributed by atoms with Crippen LogP contribution in [0.1, 0.15) is 24.2 Å². The molecule has 1 heterocycles. The Bertz CT molecular complexity index is 594. The predicted molar refractivity (Wildman–Crippen MR) is 68.9 cm³/mol. The minimum atomic E-state index is -1.36. The lowest BCUT2D eigenvalue weighted by Gasteiger charge is -2.36. The zero-order chi connectivity index (χ0) is 15.7. The van der Waals surface area contributed by atoms with Crippen LogP contribution in [0.3, 0.4) is 0 Å². The van der Waals surface area contributed by atoms with E-state index in [0.717, 1.165) is 0 Å². The van der Waals surface area contributed by atoms with Gasteiger partial charge in [-0.15, -0.1) is 0 Å². The van der Waals surface area contributed by atoms with Gasteiger partial charge in [-0.05, 0) is 19.9 Å². The van der Waals surface area contributed by atoms with E-state index < -0.39 is 33.7 Å². The summed E-state index contributed by atoms with van der Waals surface area (Å²) in [5.74, 6) is -3.36. The lowest BCUT2D eigenvalue weighted by Crippen LogP contribution is -2.50. The molecular weight excluding hydrogens is 286 g/mol. The minimum Gasteiger partial charge on any atom is -0.375 e. The Balaban J connectivity index is 2.42. The molecule has 0 aliphatic carbocycles. The molecule has 1 aromatic rings. The molecule has 1 amide bonds. The number of carbonyl (C=O) groups excluding carboxylic acids is 1. The summed E-state index contributed by atoms with van der Waals surface area (Å²) in [4.78, 5) is 23.8. The first kappa shape index (κ1) is 15.3. The van der Waals surface area contributed by atoms with Gasteiger partial charge >= 0.3 is 0 Å². The number of amides is 1. The van der Waals surface area contributed by atoms with Crippen molar-refractivity contribution >= 4 is 11.6 Å². The van der Waals surface area contributed by atoms with Crippen molar-refractivity contribution in [3.05, 3.63) is 39.4 Å². The molecule has 1 aromatic carbocycles. The SMILES string of the molecule is CC1CN(C(=O)c2cc(F)c(F)cc2[N+](=O)[O-])C(C)CO1. The highest BCUT2D eigenvalue weighted by Gasteiger charge is 2.33. The summed E-state index contributed by atoms with van der Waals surface area (Å²) in [6, 6.07) is 0.696. The van der Waals surface area contributed by atoms with E-state index in [-0.39, 0.29) is 25.3 Å². The molecule has 1 aliphatic rings. The summed E-state index contributed by atoms with van der Waals surface area (Å²) in [6.07, 6.45) is -0.227. The van der Waals surface area contributed by atoms with E-state index in [0.29, 0.717) is 12.1 Å². The fourth-order valence-corrected chi connectivity index (χ4v) is 2.20. The number of rotatable bonds is 2. The van der Waals surface area contributed by atoms with Gasteiger partial charge in [0.2, 0.25) is 0 Å². The van der Waals surface area contributed by atoms with Gasteiger partial charge in [0, 0.05) is 6.54 Å². The number of nitro groups is 1. The standard InChI is InChI=1S/C13H14F2N2O4/c1-7-6-21-8(2)5-16(7)13(18)9-3-10(14)11(15)4-12(9)17(19)20/h3-4,7-8H,5-6H2,1-2H3. The fourth-order valence-electron chi connectivity index (χ4n) is 2.20. The van der Waals surface area contributed by atoms with Gasteiger partial charge in [0.1, 0.15) is 5.56 Å². The van der Waals surface area contributed by atoms with Crippen LogP contribution >= 0.6 is 0 Å². The first-order valence-electron chi connectivity index (χ1n) is 6.37. The molecule has 0 radical (unpaired) electrons. The second kappa shape index (κ2) is 5.72. The molecule has 0 spiro atoms. The smallest absolute Gasteiger partial charge is 0.285 e. The van der Waals surface area contributed by atoms with Crippen molar-refractivity contribution in [3.63, 3.8) is 0 Å². The van der Waals surface area contributed by atoms with Gasteiger partial charge in [0.25, 0.3) is 11.6 Å². The summed E-state index contributed by atoms with van der Waals surface area (Å²) < 4.78 is 31.8. The Morgan fingerprint density at radius 1 is 1.38 bits per heavy atom. The molecule has 21 heavy (non-hydrogen) atoms. The van der Waals surface area contributed by atoms with Gasteiger partial charge in [-0.3, -0.25) is 14.9 Å². The van der Waals surface area contributed by atoms with Gasteiger partial charge < -0.3 is 9.64 Å². The summed E-state index contributed by atoms with van der Waals surface area (Å²) in [7, 11) is 0. The molecule has 6 nitrogen and oxygen atoms in total. The van der Waals surface area contributed by atoms with Gasteiger partial charge in [-0.25, -0.2) is 8.78 Å². The maximum absolute atomic E-state index is 13.3. The van der Waals surface area contributed by atoms with Gasteiger partial charge in [0.15, 0.2) is 11.6 Å². The van der Waals surface area contributed by atoms with Crippen LogP contribution in [-0.2, 0) is 4.74 Å². The maximum atomic E-state index is 13.3. The number of morpholine rings is 1. The van der Waals surface area contributed by atoms with Crippen LogP contribution < -0.4 is 0 Å². The first-order valence-corrected chi connectivity index (χ1v) is 6.37. The van der Waals surface area contributed by atoms with E-state index in [2.05, 4.69) is 0 Å². The van der Waals surface area contributed by atoms with Crippen LogP contribution in [0.2, 0.25) is 0 Å². The lowest BCUT2D eigenvalue weighted by molar-refractivity contribution is -0.385. The number of carbonyl (C=O) groups is 1. The van der Waals surface area contributed by atoms with Gasteiger partial charge in [-0.1, -0.05) is 0 Å². The van der Waals surface area contributed by atoms with Gasteiger partial charge in [-0.2, -0.15) is 0 Å². The van der Waals surface area contributed by atoms with Crippen LogP contribution in [0.15, 0.2) is 12.1 Å². The summed E-state index contributed by atoms with van der Waals surface area (Å²) in [5.41, 5.74) is -1.20. The number of nitro benzene ring substituents is 1. The summed E-state index contributed by atoms with van der Waals surface area (Å²) in [6.45, 7) is 3.99. The molecule has 2 atom stereocenters. The molecule has 1 aliphatic heterocycles. The summed E-state index contributed by atoms with van der Waals surface area (Å²) >= 11 is 0. The Morgan fingerprint density at radius 2 is 2.00 bits per heavy atom. The van der Waals surface area contributed by atoms with Crippen LogP contribution in [0, 0.1) is 21.7 Å². The maximum Gasteiger partial charge on any atom is 0.285 e. The quantitative estimate of drug-likeness (QED) is 0.619. The molecule has 8 heteroatoms. The van der Waals surface area contributed by atoms with E-state index in [1.54, 1.807) is 13.8 Å². The first-order chi connectivity index (χ1) is 9.81. The molecule has 114 valence electrons. The molecule has 0 saturated carbocycles. The highest BCUT2D eigenvalue weighted by molar-refractivity contribution is 5.98. The second-order valence-electron chi connectivity index (χ2n) is 4.99. The van der Waals surface area contributed by atoms with E-state index in [1.165, 1.54) is 4.90 Å². The summed E-state index contributed by atoms with van der Waals surface area (Å²) in [5, 5.41) is 10.9. The van der Waals surface area contributed by atoms with E-state index in [4.69, 9.17) is 4.74 Å². The zero-order valence-corrected chi connectivity index (χ0v) is 11.5. The Kier molecular flexibility index (Phi) is 4.17. The Labute approximate surface area is 119 Å². The molecule has 0 N–H and O–H groups in total. The Hall–Kier alpha value is -2.09. The number of halogens is 2. The second-order valence-corrected chi connectivity index (χ2v) is 4.99. The predicted octanol–water partition coefficient (Wildman–Crippen LogP) is 2.12. The van der Waals surface area contributed by atoms with Crippen molar-refractivity contribution in [2.75, 3.05) is 13.2 Å². The minimum absolute atomic E-state index is 0.227. The van der Waals surface area contributed by atoms with Gasteiger partial charge in [0.05, 0.1) is 29.7 Å². The van der Waals surface area contributed by atoms with Crippen molar-refractivity contribution in [1.29, 1.82) is 0 Å². The number of hydrogen-bond acceptors (Lipinski definition) is 4. The molecule has 2 unspecified atom stereocenters. The molecule has 1 saturated heterocycles. The number of hydrogen-bond donors (Lipinski definition) is 0. The number of benzene rings is 1. The highest BCUT2D eigenvalue weighted by Crippen LogP contribution is 2.25. The van der Waals surface area contributed by atoms with Crippen LogP contribution in [0.4, 0.5) is 14.5 Å². The van der Waals surface area contributed by atoms with Crippen LogP contribution in [0.25, 0.3) is 0 Å². The van der Waals surface area contributed by atoms with Crippen molar-refractivity contribution < 1.29 is 23.2 Å². The molecular formula is C13H14F2N2O4. The van der Waals surface area contributed by atoms with Crippen LogP contribution in [0.5, 0.6) is 0 Å². The van der Waals surface area contributed by atoms with E-state index in [1.807, 2.05) is 0 Å². The molecule has 0 aromatic heterocycles. The Morgan fingerprint density at radius 3 is 2.62 bits per heavy atom. The third-order valence-electron chi connectivity index (χ3n) is 3.33. The highest BCUT2D eigenvalue weighted by atomic mass is 19.2. The van der Waals surface area contributed by atoms with Crippen molar-refractivity contribution in [1.82, 2.24) is 4.90 Å². The van der Waals surface area contributed by atoms with E-state index >= 15 is 0 Å². The number of nitrogens with zero attached hydrogens (tertiary/aromatic N) is 2. The van der Waals surface area contributed by atoms with Crippen molar-refractivity contribution in [3.8, 4) is 0 Å². The van der Waals surface area contributed by atoms with Crippen molar-refractivity contribution in [2.24, 2.45) is 0 Å². The largest absolute Gasteiger partial charge is 0.375 e. The normalized spacial score (nSPS) is 22.2. The molecule has 0 bridgehead atoms. The van der Waals surface area contributed by atoms with Crippen molar-refractivity contribution in [2.45, 2.75) is 26.0 Å². The molecule has 1 fully saturated rings.